The van der Waals surface area contributed by atoms with Gasteiger partial charge in [-0.05, 0) is 18.6 Å². The summed E-state index contributed by atoms with van der Waals surface area (Å²) in [4.78, 5) is 13.7. The van der Waals surface area contributed by atoms with Crippen LogP contribution in [0.15, 0.2) is 31.0 Å². The van der Waals surface area contributed by atoms with Crippen molar-refractivity contribution in [1.82, 2.24) is 9.47 Å². The maximum absolute atomic E-state index is 11.8. The summed E-state index contributed by atoms with van der Waals surface area (Å²) in [7, 11) is 1.99. The van der Waals surface area contributed by atoms with Crippen LogP contribution in [0.5, 0.6) is 0 Å². The molecular weight excluding hydrogens is 200 g/mol. The summed E-state index contributed by atoms with van der Waals surface area (Å²) < 4.78 is 2.04. The molecule has 0 aromatic carbocycles. The standard InChI is InChI=1S/C13H20N2O/c1-4-7-13(16)15(9-5-2)11-12-8-6-10-14(12)3/h5-6,8,10H,2,4,7,9,11H2,1,3H3. The average molecular weight is 220 g/mol. The highest BCUT2D eigenvalue weighted by Gasteiger charge is 2.12. The Hall–Kier alpha value is -1.51. The van der Waals surface area contributed by atoms with Crippen LogP contribution >= 0.6 is 0 Å². The lowest BCUT2D eigenvalue weighted by atomic mass is 10.2. The van der Waals surface area contributed by atoms with Gasteiger partial charge in [-0.1, -0.05) is 13.0 Å². The fourth-order valence-electron chi connectivity index (χ4n) is 1.64. The Morgan fingerprint density at radius 3 is 2.88 bits per heavy atom. The van der Waals surface area contributed by atoms with Gasteiger partial charge in [0.1, 0.15) is 0 Å². The molecule has 1 aromatic heterocycles. The lowest BCUT2D eigenvalue weighted by Gasteiger charge is -2.21. The van der Waals surface area contributed by atoms with Crippen molar-refractivity contribution in [3.05, 3.63) is 36.7 Å². The second kappa shape index (κ2) is 6.16. The highest BCUT2D eigenvalue weighted by atomic mass is 16.2. The zero-order chi connectivity index (χ0) is 12.0. The molecule has 0 N–H and O–H groups in total. The first-order chi connectivity index (χ1) is 7.69. The van der Waals surface area contributed by atoms with Crippen molar-refractivity contribution < 1.29 is 4.79 Å². The molecular formula is C13H20N2O. The molecule has 88 valence electrons. The summed E-state index contributed by atoms with van der Waals surface area (Å²) in [6.45, 7) is 6.99. The van der Waals surface area contributed by atoms with Crippen molar-refractivity contribution in [1.29, 1.82) is 0 Å². The summed E-state index contributed by atoms with van der Waals surface area (Å²) in [6, 6.07) is 4.03. The molecule has 0 saturated heterocycles. The molecule has 0 saturated carbocycles. The molecule has 16 heavy (non-hydrogen) atoms. The van der Waals surface area contributed by atoms with Crippen molar-refractivity contribution in [2.24, 2.45) is 7.05 Å². The van der Waals surface area contributed by atoms with Gasteiger partial charge >= 0.3 is 0 Å². The number of aryl methyl sites for hydroxylation is 1. The number of carbonyl (C=O) groups excluding carboxylic acids is 1. The molecule has 0 unspecified atom stereocenters. The maximum atomic E-state index is 11.8. The fourth-order valence-corrected chi connectivity index (χ4v) is 1.64. The van der Waals surface area contributed by atoms with Gasteiger partial charge in [-0.15, -0.1) is 6.58 Å². The maximum Gasteiger partial charge on any atom is 0.223 e. The van der Waals surface area contributed by atoms with Crippen molar-refractivity contribution in [2.75, 3.05) is 6.54 Å². The molecule has 0 aliphatic carbocycles. The Morgan fingerprint density at radius 1 is 1.62 bits per heavy atom. The predicted octanol–water partition coefficient (Wildman–Crippen LogP) is 2.34. The van der Waals surface area contributed by atoms with E-state index in [4.69, 9.17) is 0 Å². The lowest BCUT2D eigenvalue weighted by Crippen LogP contribution is -2.31. The molecule has 0 aliphatic heterocycles. The second-order valence-corrected chi connectivity index (χ2v) is 3.92. The fraction of sp³-hybridized carbons (Fsp3) is 0.462. The number of rotatable bonds is 6. The van der Waals surface area contributed by atoms with Crippen molar-refractivity contribution >= 4 is 5.91 Å². The normalized spacial score (nSPS) is 10.1. The van der Waals surface area contributed by atoms with Crippen LogP contribution in [0.2, 0.25) is 0 Å². The van der Waals surface area contributed by atoms with E-state index in [9.17, 15) is 4.79 Å². The molecule has 0 radical (unpaired) electrons. The molecule has 3 heteroatoms. The third-order valence-corrected chi connectivity index (χ3v) is 2.57. The Balaban J connectivity index is 2.67. The Kier molecular flexibility index (Phi) is 4.83. The molecule has 0 bridgehead atoms. The van der Waals surface area contributed by atoms with E-state index in [1.54, 1.807) is 6.08 Å². The number of hydrogen-bond donors (Lipinski definition) is 0. The van der Waals surface area contributed by atoms with Crippen molar-refractivity contribution in [2.45, 2.75) is 26.3 Å². The lowest BCUT2D eigenvalue weighted by molar-refractivity contribution is -0.131. The first-order valence-corrected chi connectivity index (χ1v) is 5.68. The van der Waals surface area contributed by atoms with E-state index in [1.807, 2.05) is 41.8 Å². The molecule has 0 fully saturated rings. The van der Waals surface area contributed by atoms with Gasteiger partial charge in [0.2, 0.25) is 5.91 Å². The number of amides is 1. The molecule has 0 atom stereocenters. The SMILES string of the molecule is C=CCN(Cc1cccn1C)C(=O)CCC. The van der Waals surface area contributed by atoms with E-state index in [0.717, 1.165) is 12.1 Å². The minimum absolute atomic E-state index is 0.198. The minimum Gasteiger partial charge on any atom is -0.353 e. The van der Waals surface area contributed by atoms with E-state index in [1.165, 1.54) is 0 Å². The smallest absolute Gasteiger partial charge is 0.223 e. The highest BCUT2D eigenvalue weighted by Crippen LogP contribution is 2.07. The van der Waals surface area contributed by atoms with Gasteiger partial charge in [-0.3, -0.25) is 4.79 Å². The quantitative estimate of drug-likeness (QED) is 0.675. The first-order valence-electron chi connectivity index (χ1n) is 5.68. The van der Waals surface area contributed by atoms with E-state index in [-0.39, 0.29) is 5.91 Å². The summed E-state index contributed by atoms with van der Waals surface area (Å²) >= 11 is 0. The van der Waals surface area contributed by atoms with Crippen LogP contribution in [0.3, 0.4) is 0 Å². The van der Waals surface area contributed by atoms with Gasteiger partial charge in [0, 0.05) is 31.9 Å². The topological polar surface area (TPSA) is 25.2 Å². The van der Waals surface area contributed by atoms with Crippen LogP contribution < -0.4 is 0 Å². The third-order valence-electron chi connectivity index (χ3n) is 2.57. The Bertz CT molecular complexity index is 355. The Labute approximate surface area is 97.4 Å². The average Bonchev–Trinajstić information content (AvgIpc) is 2.64. The Morgan fingerprint density at radius 2 is 2.38 bits per heavy atom. The molecule has 0 aliphatic rings. The minimum atomic E-state index is 0.198. The zero-order valence-corrected chi connectivity index (χ0v) is 10.1. The van der Waals surface area contributed by atoms with Crippen LogP contribution in [-0.4, -0.2) is 21.9 Å². The molecule has 0 spiro atoms. The van der Waals surface area contributed by atoms with Crippen LogP contribution in [0.4, 0.5) is 0 Å². The molecule has 1 heterocycles. The van der Waals surface area contributed by atoms with E-state index < -0.39 is 0 Å². The van der Waals surface area contributed by atoms with Crippen LogP contribution in [0.1, 0.15) is 25.5 Å². The van der Waals surface area contributed by atoms with E-state index >= 15 is 0 Å². The largest absolute Gasteiger partial charge is 0.353 e. The number of aromatic nitrogens is 1. The summed E-state index contributed by atoms with van der Waals surface area (Å²) in [5.74, 6) is 0.198. The van der Waals surface area contributed by atoms with Crippen molar-refractivity contribution in [3.8, 4) is 0 Å². The number of hydrogen-bond acceptors (Lipinski definition) is 1. The summed E-state index contributed by atoms with van der Waals surface area (Å²) in [5.41, 5.74) is 1.14. The van der Waals surface area contributed by atoms with Gasteiger partial charge in [-0.2, -0.15) is 0 Å². The van der Waals surface area contributed by atoms with Crippen LogP contribution in [0, 0.1) is 0 Å². The van der Waals surface area contributed by atoms with Gasteiger partial charge in [0.05, 0.1) is 6.54 Å². The molecule has 1 aromatic rings. The summed E-state index contributed by atoms with van der Waals surface area (Å²) in [5, 5.41) is 0. The molecule has 1 rings (SSSR count). The monoisotopic (exact) mass is 220 g/mol. The van der Waals surface area contributed by atoms with Crippen LogP contribution in [0.25, 0.3) is 0 Å². The third kappa shape index (κ3) is 3.26. The number of carbonyl (C=O) groups is 1. The van der Waals surface area contributed by atoms with E-state index in [0.29, 0.717) is 19.5 Å². The van der Waals surface area contributed by atoms with Gasteiger partial charge < -0.3 is 9.47 Å². The van der Waals surface area contributed by atoms with Crippen molar-refractivity contribution in [3.63, 3.8) is 0 Å². The number of nitrogens with zero attached hydrogens (tertiary/aromatic N) is 2. The molecule has 3 nitrogen and oxygen atoms in total. The van der Waals surface area contributed by atoms with Gasteiger partial charge in [0.25, 0.3) is 0 Å². The van der Waals surface area contributed by atoms with Crippen LogP contribution in [-0.2, 0) is 18.4 Å². The zero-order valence-electron chi connectivity index (χ0n) is 10.1. The second-order valence-electron chi connectivity index (χ2n) is 3.92. The summed E-state index contributed by atoms with van der Waals surface area (Å²) in [6.07, 6.45) is 5.26. The first kappa shape index (κ1) is 12.6. The van der Waals surface area contributed by atoms with Gasteiger partial charge in [-0.25, -0.2) is 0 Å². The van der Waals surface area contributed by atoms with E-state index in [2.05, 4.69) is 6.58 Å². The van der Waals surface area contributed by atoms with Gasteiger partial charge in [0.15, 0.2) is 0 Å². The molecule has 1 amide bonds. The predicted molar refractivity (Wildman–Crippen MR) is 65.9 cm³/mol. The highest BCUT2D eigenvalue weighted by molar-refractivity contribution is 5.76.